The van der Waals surface area contributed by atoms with Gasteiger partial charge in [0.15, 0.2) is 0 Å². The molecule has 0 spiro atoms. The van der Waals surface area contributed by atoms with Crippen LogP contribution in [0.25, 0.3) is 0 Å². The summed E-state index contributed by atoms with van der Waals surface area (Å²) < 4.78 is 0. The fourth-order valence-corrected chi connectivity index (χ4v) is 4.26. The molecular formula is C25H28N4O. The van der Waals surface area contributed by atoms with E-state index in [9.17, 15) is 4.79 Å². The maximum Gasteiger partial charge on any atom is 0.224 e. The van der Waals surface area contributed by atoms with Crippen molar-refractivity contribution in [3.05, 3.63) is 96.1 Å². The van der Waals surface area contributed by atoms with Crippen LogP contribution in [-0.4, -0.2) is 33.9 Å². The van der Waals surface area contributed by atoms with E-state index in [1.54, 1.807) is 0 Å². The molecular weight excluding hydrogens is 372 g/mol. The summed E-state index contributed by atoms with van der Waals surface area (Å²) in [5.41, 5.74) is 3.18. The number of pyridine rings is 2. The Kier molecular flexibility index (Phi) is 6.83. The van der Waals surface area contributed by atoms with Crippen LogP contribution in [0.5, 0.6) is 0 Å². The maximum atomic E-state index is 12.9. The molecule has 3 aromatic rings. The monoisotopic (exact) mass is 400 g/mol. The van der Waals surface area contributed by atoms with Crippen LogP contribution in [0, 0.1) is 5.92 Å². The number of hydrogen-bond donors (Lipinski definition) is 1. The molecule has 5 heteroatoms. The number of hydrogen-bond acceptors (Lipinski definition) is 4. The Balaban J connectivity index is 1.47. The number of piperidine rings is 1. The number of carbonyl (C=O) groups excluding carboxylic acids is 1. The fourth-order valence-electron chi connectivity index (χ4n) is 4.26. The molecule has 2 atom stereocenters. The van der Waals surface area contributed by atoms with Crippen molar-refractivity contribution in [2.24, 2.45) is 5.92 Å². The zero-order chi connectivity index (χ0) is 20.6. The van der Waals surface area contributed by atoms with Crippen molar-refractivity contribution in [3.63, 3.8) is 0 Å². The van der Waals surface area contributed by atoms with Gasteiger partial charge >= 0.3 is 0 Å². The molecule has 0 unspecified atom stereocenters. The van der Waals surface area contributed by atoms with E-state index < -0.39 is 0 Å². The van der Waals surface area contributed by atoms with Gasteiger partial charge in [-0.25, -0.2) is 0 Å². The molecule has 3 heterocycles. The molecule has 1 amide bonds. The lowest BCUT2D eigenvalue weighted by molar-refractivity contribution is -0.121. The molecule has 0 saturated carbocycles. The minimum absolute atomic E-state index is 0.0428. The molecule has 4 rings (SSSR count). The first-order chi connectivity index (χ1) is 14.8. The van der Waals surface area contributed by atoms with Crippen LogP contribution in [0.15, 0.2) is 79.3 Å². The highest BCUT2D eigenvalue weighted by Crippen LogP contribution is 2.29. The van der Waals surface area contributed by atoms with Crippen molar-refractivity contribution in [1.29, 1.82) is 0 Å². The number of nitrogens with zero attached hydrogens (tertiary/aromatic N) is 3. The number of rotatable bonds is 7. The second-order valence-corrected chi connectivity index (χ2v) is 7.96. The van der Waals surface area contributed by atoms with E-state index >= 15 is 0 Å². The highest BCUT2D eigenvalue weighted by molar-refractivity contribution is 5.79. The predicted octanol–water partition coefficient (Wildman–Crippen LogP) is 3.79. The molecule has 0 aliphatic carbocycles. The third-order valence-corrected chi connectivity index (χ3v) is 5.67. The topological polar surface area (TPSA) is 58.1 Å². The Morgan fingerprint density at radius 2 is 1.87 bits per heavy atom. The normalized spacial score (nSPS) is 17.9. The van der Waals surface area contributed by atoms with Gasteiger partial charge in [0, 0.05) is 31.7 Å². The molecule has 154 valence electrons. The first kappa shape index (κ1) is 20.2. The first-order valence-electron chi connectivity index (χ1n) is 10.6. The van der Waals surface area contributed by atoms with Crippen molar-refractivity contribution in [3.8, 4) is 0 Å². The van der Waals surface area contributed by atoms with Crippen LogP contribution in [0.1, 0.15) is 35.7 Å². The maximum absolute atomic E-state index is 12.9. The summed E-state index contributed by atoms with van der Waals surface area (Å²) in [7, 11) is 0. The summed E-state index contributed by atoms with van der Waals surface area (Å²) in [5, 5.41) is 3.30. The van der Waals surface area contributed by atoms with Crippen LogP contribution >= 0.6 is 0 Å². The SMILES string of the molecule is O=C(Cc1ccccc1)N[C@H](c1ccccn1)[C@@H]1CCCN(Cc2cccnc2)C1. The quantitative estimate of drug-likeness (QED) is 0.656. The van der Waals surface area contributed by atoms with Crippen molar-refractivity contribution in [1.82, 2.24) is 20.2 Å². The summed E-state index contributed by atoms with van der Waals surface area (Å²) in [6.07, 6.45) is 8.13. The van der Waals surface area contributed by atoms with Gasteiger partial charge < -0.3 is 5.32 Å². The number of aromatic nitrogens is 2. The van der Waals surface area contributed by atoms with Gasteiger partial charge in [0.05, 0.1) is 18.2 Å². The van der Waals surface area contributed by atoms with E-state index in [4.69, 9.17) is 0 Å². The van der Waals surface area contributed by atoms with Crippen LogP contribution in [0.3, 0.4) is 0 Å². The molecule has 1 aromatic carbocycles. The molecule has 0 radical (unpaired) electrons. The van der Waals surface area contributed by atoms with Gasteiger partial charge in [-0.15, -0.1) is 0 Å². The third-order valence-electron chi connectivity index (χ3n) is 5.67. The molecule has 2 aromatic heterocycles. The van der Waals surface area contributed by atoms with Crippen molar-refractivity contribution in [2.45, 2.75) is 31.8 Å². The van der Waals surface area contributed by atoms with E-state index in [2.05, 4.69) is 26.3 Å². The standard InChI is InChI=1S/C25H28N4O/c30-24(16-20-8-2-1-3-9-20)28-25(23-12-4-5-14-27-23)22-11-7-15-29(19-22)18-21-10-6-13-26-17-21/h1-6,8-10,12-14,17,22,25H,7,11,15-16,18-19H2,(H,28,30)/t22-,25+/m1/s1. The fraction of sp³-hybridized carbons (Fsp3) is 0.320. The van der Waals surface area contributed by atoms with E-state index in [0.717, 1.165) is 43.7 Å². The zero-order valence-electron chi connectivity index (χ0n) is 17.2. The van der Waals surface area contributed by atoms with Crippen LogP contribution in [0.4, 0.5) is 0 Å². The summed E-state index contributed by atoms with van der Waals surface area (Å²) in [5.74, 6) is 0.367. The van der Waals surface area contributed by atoms with Gasteiger partial charge in [-0.2, -0.15) is 0 Å². The second kappa shape index (κ2) is 10.1. The highest BCUT2D eigenvalue weighted by Gasteiger charge is 2.30. The Hall–Kier alpha value is -3.05. The average Bonchev–Trinajstić information content (AvgIpc) is 2.80. The van der Waals surface area contributed by atoms with Gasteiger partial charge in [-0.1, -0.05) is 42.5 Å². The van der Waals surface area contributed by atoms with E-state index in [0.29, 0.717) is 12.3 Å². The van der Waals surface area contributed by atoms with E-state index in [1.165, 1.54) is 5.56 Å². The van der Waals surface area contributed by atoms with Gasteiger partial charge in [-0.3, -0.25) is 19.7 Å². The third kappa shape index (κ3) is 5.51. The smallest absolute Gasteiger partial charge is 0.224 e. The molecule has 1 N–H and O–H groups in total. The zero-order valence-corrected chi connectivity index (χ0v) is 17.2. The first-order valence-corrected chi connectivity index (χ1v) is 10.6. The molecule has 1 aliphatic heterocycles. The molecule has 1 aliphatic rings. The molecule has 0 bridgehead atoms. The number of benzene rings is 1. The lowest BCUT2D eigenvalue weighted by Gasteiger charge is -2.37. The largest absolute Gasteiger partial charge is 0.347 e. The minimum Gasteiger partial charge on any atom is -0.347 e. The Morgan fingerprint density at radius 1 is 1.03 bits per heavy atom. The molecule has 1 saturated heterocycles. The molecule has 1 fully saturated rings. The number of likely N-dealkylation sites (tertiary alicyclic amines) is 1. The van der Waals surface area contributed by atoms with Crippen molar-refractivity contribution >= 4 is 5.91 Å². The summed E-state index contributed by atoms with van der Waals surface area (Å²) in [6, 6.07) is 19.8. The molecule has 30 heavy (non-hydrogen) atoms. The summed E-state index contributed by atoms with van der Waals surface area (Å²) in [4.78, 5) is 24.1. The second-order valence-electron chi connectivity index (χ2n) is 7.96. The van der Waals surface area contributed by atoms with Gasteiger partial charge in [-0.05, 0) is 54.6 Å². The van der Waals surface area contributed by atoms with Gasteiger partial charge in [0.25, 0.3) is 0 Å². The van der Waals surface area contributed by atoms with Crippen LogP contribution in [0.2, 0.25) is 0 Å². The Morgan fingerprint density at radius 3 is 2.63 bits per heavy atom. The highest BCUT2D eigenvalue weighted by atomic mass is 16.1. The Labute approximate surface area is 178 Å². The predicted molar refractivity (Wildman–Crippen MR) is 118 cm³/mol. The van der Waals surface area contributed by atoms with Crippen molar-refractivity contribution < 1.29 is 4.79 Å². The van der Waals surface area contributed by atoms with E-state index in [-0.39, 0.29) is 11.9 Å². The minimum atomic E-state index is -0.0842. The van der Waals surface area contributed by atoms with Crippen LogP contribution < -0.4 is 5.32 Å². The number of amides is 1. The van der Waals surface area contributed by atoms with Crippen LogP contribution in [-0.2, 0) is 17.8 Å². The van der Waals surface area contributed by atoms with Crippen molar-refractivity contribution in [2.75, 3.05) is 13.1 Å². The Bertz CT molecular complexity index is 918. The number of carbonyl (C=O) groups is 1. The lowest BCUT2D eigenvalue weighted by atomic mass is 9.88. The average molecular weight is 401 g/mol. The lowest BCUT2D eigenvalue weighted by Crippen LogP contribution is -2.43. The van der Waals surface area contributed by atoms with E-state index in [1.807, 2.05) is 73.2 Å². The van der Waals surface area contributed by atoms with Gasteiger partial charge in [0.1, 0.15) is 0 Å². The number of nitrogens with one attached hydrogen (secondary N) is 1. The molecule has 5 nitrogen and oxygen atoms in total. The summed E-state index contributed by atoms with van der Waals surface area (Å²) >= 11 is 0. The summed E-state index contributed by atoms with van der Waals surface area (Å²) in [6.45, 7) is 2.89. The van der Waals surface area contributed by atoms with Gasteiger partial charge in [0.2, 0.25) is 5.91 Å².